The van der Waals surface area contributed by atoms with Crippen LogP contribution in [0, 0.1) is 12.8 Å². The average molecular weight is 368 g/mol. The Labute approximate surface area is 158 Å². The van der Waals surface area contributed by atoms with Crippen molar-refractivity contribution in [2.75, 3.05) is 6.54 Å². The molecule has 2 aromatic rings. The van der Waals surface area contributed by atoms with Gasteiger partial charge >= 0.3 is 0 Å². The molecule has 4 nitrogen and oxygen atoms in total. The molecule has 1 aliphatic heterocycles. The smallest absolute Gasteiger partial charge is 0.274 e. The lowest BCUT2D eigenvalue weighted by atomic mass is 9.98. The van der Waals surface area contributed by atoms with Crippen LogP contribution < -0.4 is 5.73 Å². The minimum absolute atomic E-state index is 0.104. The lowest BCUT2D eigenvalue weighted by molar-refractivity contribution is 0.0597. The Kier molecular flexibility index (Phi) is 3.90. The number of aromatic nitrogens is 1. The van der Waals surface area contributed by atoms with Gasteiger partial charge in [-0.2, -0.15) is 0 Å². The van der Waals surface area contributed by atoms with Crippen molar-refractivity contribution >= 4 is 17.2 Å². The first-order valence-electron chi connectivity index (χ1n) is 9.76. The molecule has 2 saturated carbocycles. The highest BCUT2D eigenvalue weighted by Gasteiger charge is 2.48. The van der Waals surface area contributed by atoms with Crippen LogP contribution in [0.1, 0.15) is 59.1 Å². The molecule has 1 saturated heterocycles. The predicted octanol–water partition coefficient (Wildman–Crippen LogP) is 3.95. The number of aryl methyl sites for hydroxylation is 1. The molecule has 0 radical (unpaired) electrons. The second kappa shape index (κ2) is 6.17. The molecule has 3 aliphatic rings. The molecule has 0 unspecified atom stereocenters. The third-order valence-corrected chi connectivity index (χ3v) is 7.54. The van der Waals surface area contributed by atoms with Crippen molar-refractivity contribution in [2.45, 2.75) is 57.0 Å². The number of fused-ring (bicyclic) bond motifs is 2. The van der Waals surface area contributed by atoms with E-state index in [-0.39, 0.29) is 11.9 Å². The maximum absolute atomic E-state index is 13.6. The van der Waals surface area contributed by atoms with Crippen LogP contribution in [0.15, 0.2) is 24.3 Å². The molecule has 3 fully saturated rings. The van der Waals surface area contributed by atoms with Gasteiger partial charge in [0.1, 0.15) is 5.69 Å². The van der Waals surface area contributed by atoms with Crippen molar-refractivity contribution in [2.24, 2.45) is 11.7 Å². The van der Waals surface area contributed by atoms with E-state index >= 15 is 0 Å². The summed E-state index contributed by atoms with van der Waals surface area (Å²) < 4.78 is 0. The molecule has 2 heterocycles. The number of piperidine rings is 1. The number of thiazole rings is 1. The van der Waals surface area contributed by atoms with Crippen molar-refractivity contribution in [1.29, 1.82) is 0 Å². The van der Waals surface area contributed by atoms with Gasteiger partial charge in [-0.15, -0.1) is 11.3 Å². The normalized spacial score (nSPS) is 27.3. The summed E-state index contributed by atoms with van der Waals surface area (Å²) in [7, 11) is 0. The summed E-state index contributed by atoms with van der Waals surface area (Å²) in [4.78, 5) is 21.5. The summed E-state index contributed by atoms with van der Waals surface area (Å²) in [6.07, 6.45) is 5.85. The van der Waals surface area contributed by atoms with Gasteiger partial charge in [-0.25, -0.2) is 4.98 Å². The molecular weight excluding hydrogens is 342 g/mol. The number of benzene rings is 1. The molecule has 3 atom stereocenters. The fourth-order valence-corrected chi connectivity index (χ4v) is 6.03. The topological polar surface area (TPSA) is 59.2 Å². The number of nitrogens with two attached hydrogens (primary N) is 1. The molecule has 26 heavy (non-hydrogen) atoms. The molecule has 2 bridgehead atoms. The molecular formula is C21H25N3OS. The number of amides is 1. The van der Waals surface area contributed by atoms with E-state index in [2.05, 4.69) is 36.1 Å². The van der Waals surface area contributed by atoms with Crippen LogP contribution in [0.3, 0.4) is 0 Å². The lowest BCUT2D eigenvalue weighted by Gasteiger charge is -2.34. The number of carbonyl (C=O) groups excluding carboxylic acids is 1. The largest absolute Gasteiger partial charge is 0.330 e. The first-order valence-corrected chi connectivity index (χ1v) is 10.6. The van der Waals surface area contributed by atoms with Crippen LogP contribution in [0.4, 0.5) is 0 Å². The Hall–Kier alpha value is -1.72. The highest BCUT2D eigenvalue weighted by atomic mass is 32.1. The van der Waals surface area contributed by atoms with E-state index in [1.54, 1.807) is 11.3 Å². The minimum atomic E-state index is 0.104. The van der Waals surface area contributed by atoms with E-state index in [4.69, 9.17) is 10.7 Å². The quantitative estimate of drug-likeness (QED) is 0.890. The van der Waals surface area contributed by atoms with E-state index < -0.39 is 0 Å². The van der Waals surface area contributed by atoms with Crippen LogP contribution in [0.5, 0.6) is 0 Å². The Morgan fingerprint density at radius 2 is 2.15 bits per heavy atom. The van der Waals surface area contributed by atoms with Crippen molar-refractivity contribution in [3.05, 3.63) is 40.5 Å². The van der Waals surface area contributed by atoms with Gasteiger partial charge < -0.3 is 10.6 Å². The zero-order valence-electron chi connectivity index (χ0n) is 15.1. The van der Waals surface area contributed by atoms with E-state index in [1.165, 1.54) is 24.8 Å². The molecule has 1 aromatic heterocycles. The first-order chi connectivity index (χ1) is 12.7. The zero-order chi connectivity index (χ0) is 17.8. The summed E-state index contributed by atoms with van der Waals surface area (Å²) in [5.41, 5.74) is 9.04. The van der Waals surface area contributed by atoms with E-state index in [0.29, 0.717) is 30.1 Å². The van der Waals surface area contributed by atoms with Gasteiger partial charge in [-0.3, -0.25) is 4.79 Å². The van der Waals surface area contributed by atoms with E-state index in [1.807, 2.05) is 0 Å². The van der Waals surface area contributed by atoms with E-state index in [0.717, 1.165) is 28.3 Å². The van der Waals surface area contributed by atoms with Crippen LogP contribution in [0.25, 0.3) is 10.4 Å². The van der Waals surface area contributed by atoms with E-state index in [9.17, 15) is 4.79 Å². The SMILES string of the molecule is Cc1cccc(-c2sc(C3CC3)nc2C(=O)N2[C@@H]3CC[C@@H](C3)[C@H]2CN)c1. The molecule has 136 valence electrons. The molecule has 5 rings (SSSR count). The monoisotopic (exact) mass is 367 g/mol. The number of nitrogens with zero attached hydrogens (tertiary/aromatic N) is 2. The van der Waals surface area contributed by atoms with Gasteiger partial charge in [-0.1, -0.05) is 29.8 Å². The molecule has 2 aliphatic carbocycles. The minimum Gasteiger partial charge on any atom is -0.330 e. The molecule has 0 spiro atoms. The van der Waals surface area contributed by atoms with Crippen LogP contribution in [-0.4, -0.2) is 34.4 Å². The van der Waals surface area contributed by atoms with Crippen LogP contribution >= 0.6 is 11.3 Å². The second-order valence-electron chi connectivity index (χ2n) is 8.12. The summed E-state index contributed by atoms with van der Waals surface area (Å²) in [5, 5.41) is 1.14. The van der Waals surface area contributed by atoms with Crippen molar-refractivity contribution in [3.63, 3.8) is 0 Å². The van der Waals surface area contributed by atoms with Gasteiger partial charge in [0.25, 0.3) is 5.91 Å². The number of likely N-dealkylation sites (tertiary alicyclic amines) is 1. The fraction of sp³-hybridized carbons (Fsp3) is 0.524. The summed E-state index contributed by atoms with van der Waals surface area (Å²) in [5.74, 6) is 1.25. The van der Waals surface area contributed by atoms with Gasteiger partial charge in [-0.05, 0) is 50.5 Å². The molecule has 1 aromatic carbocycles. The number of carbonyl (C=O) groups is 1. The van der Waals surface area contributed by atoms with Crippen molar-refractivity contribution < 1.29 is 4.79 Å². The summed E-state index contributed by atoms with van der Waals surface area (Å²) in [6, 6.07) is 8.98. The van der Waals surface area contributed by atoms with Crippen molar-refractivity contribution in [1.82, 2.24) is 9.88 Å². The predicted molar refractivity (Wildman–Crippen MR) is 104 cm³/mol. The highest BCUT2D eigenvalue weighted by molar-refractivity contribution is 7.15. The third kappa shape index (κ3) is 2.60. The fourth-order valence-electron chi connectivity index (χ4n) is 4.80. The van der Waals surface area contributed by atoms with Gasteiger partial charge in [0.15, 0.2) is 0 Å². The summed E-state index contributed by atoms with van der Waals surface area (Å²) >= 11 is 1.72. The summed E-state index contributed by atoms with van der Waals surface area (Å²) in [6.45, 7) is 2.66. The number of hydrogen-bond donors (Lipinski definition) is 1. The second-order valence-corrected chi connectivity index (χ2v) is 9.15. The Balaban J connectivity index is 1.56. The van der Waals surface area contributed by atoms with Crippen LogP contribution in [0.2, 0.25) is 0 Å². The van der Waals surface area contributed by atoms with Gasteiger partial charge in [0.05, 0.1) is 9.88 Å². The standard InChI is InChI=1S/C21H25N3OS/c1-12-3-2-4-15(9-12)19-18(23-20(26-19)13-5-6-13)21(25)24-16-8-7-14(10-16)17(24)11-22/h2-4,9,13-14,16-17H,5-8,10-11,22H2,1H3/t14-,16+,17+/m0/s1. The molecule has 1 amide bonds. The van der Waals surface area contributed by atoms with Gasteiger partial charge in [0.2, 0.25) is 0 Å². The zero-order valence-corrected chi connectivity index (χ0v) is 16.0. The Morgan fingerprint density at radius 3 is 2.88 bits per heavy atom. The van der Waals surface area contributed by atoms with Crippen LogP contribution in [-0.2, 0) is 0 Å². The average Bonchev–Trinajstić information content (AvgIpc) is 3.10. The van der Waals surface area contributed by atoms with Crippen molar-refractivity contribution in [3.8, 4) is 10.4 Å². The highest BCUT2D eigenvalue weighted by Crippen LogP contribution is 2.47. The number of rotatable bonds is 4. The maximum atomic E-state index is 13.6. The maximum Gasteiger partial charge on any atom is 0.274 e. The molecule has 2 N–H and O–H groups in total. The first kappa shape index (κ1) is 16.5. The lowest BCUT2D eigenvalue weighted by Crippen LogP contribution is -2.48. The Bertz CT molecular complexity index is 857. The molecule has 5 heteroatoms. The Morgan fingerprint density at radius 1 is 1.31 bits per heavy atom. The number of hydrogen-bond acceptors (Lipinski definition) is 4. The van der Waals surface area contributed by atoms with Gasteiger partial charge in [0, 0.05) is 24.5 Å². The third-order valence-electron chi connectivity index (χ3n) is 6.27.